The minimum atomic E-state index is -1.00. The summed E-state index contributed by atoms with van der Waals surface area (Å²) in [6.07, 6.45) is -0.224. The van der Waals surface area contributed by atoms with Gasteiger partial charge in [0.1, 0.15) is 0 Å². The SMILES string of the molecule is COc1ccc(C(N)CC(=O)O)cc1OC(=O)c1ccccc1. The summed E-state index contributed by atoms with van der Waals surface area (Å²) in [5.74, 6) is -0.982. The fourth-order valence-corrected chi connectivity index (χ4v) is 2.04. The fourth-order valence-electron chi connectivity index (χ4n) is 2.04. The van der Waals surface area contributed by atoms with Crippen LogP contribution in [0, 0.1) is 0 Å². The second-order valence-corrected chi connectivity index (χ2v) is 4.87. The van der Waals surface area contributed by atoms with E-state index < -0.39 is 18.0 Å². The molecule has 120 valence electrons. The molecule has 1 unspecified atom stereocenters. The first-order valence-corrected chi connectivity index (χ1v) is 6.94. The van der Waals surface area contributed by atoms with Crippen molar-refractivity contribution in [3.8, 4) is 11.5 Å². The molecule has 0 saturated carbocycles. The molecule has 0 radical (unpaired) electrons. The lowest BCUT2D eigenvalue weighted by Gasteiger charge is -2.14. The Balaban J connectivity index is 2.25. The molecule has 1 atom stereocenters. The lowest BCUT2D eigenvalue weighted by molar-refractivity contribution is -0.137. The van der Waals surface area contributed by atoms with Crippen LogP contribution in [0.5, 0.6) is 11.5 Å². The molecular formula is C17H17NO5. The van der Waals surface area contributed by atoms with Crippen LogP contribution in [0.4, 0.5) is 0 Å². The normalized spacial score (nSPS) is 11.6. The van der Waals surface area contributed by atoms with Crippen LogP contribution in [0.25, 0.3) is 0 Å². The third-order valence-electron chi connectivity index (χ3n) is 3.22. The number of carbonyl (C=O) groups is 2. The zero-order valence-electron chi connectivity index (χ0n) is 12.6. The molecule has 0 aliphatic carbocycles. The summed E-state index contributed by atoms with van der Waals surface area (Å²) in [6, 6.07) is 12.6. The van der Waals surface area contributed by atoms with E-state index in [-0.39, 0.29) is 12.2 Å². The number of carbonyl (C=O) groups excluding carboxylic acids is 1. The zero-order chi connectivity index (χ0) is 16.8. The number of carboxylic acids is 1. The van der Waals surface area contributed by atoms with Crippen molar-refractivity contribution in [1.29, 1.82) is 0 Å². The highest BCUT2D eigenvalue weighted by Gasteiger charge is 2.16. The van der Waals surface area contributed by atoms with Crippen molar-refractivity contribution in [3.63, 3.8) is 0 Å². The number of esters is 1. The number of benzene rings is 2. The summed E-state index contributed by atoms with van der Waals surface area (Å²) < 4.78 is 10.5. The Morgan fingerprint density at radius 2 is 1.83 bits per heavy atom. The number of hydrogen-bond acceptors (Lipinski definition) is 5. The quantitative estimate of drug-likeness (QED) is 0.627. The zero-order valence-corrected chi connectivity index (χ0v) is 12.6. The second-order valence-electron chi connectivity index (χ2n) is 4.87. The highest BCUT2D eigenvalue weighted by Crippen LogP contribution is 2.31. The summed E-state index contributed by atoms with van der Waals surface area (Å²) >= 11 is 0. The van der Waals surface area contributed by atoms with Gasteiger partial charge >= 0.3 is 11.9 Å². The molecule has 0 aromatic heterocycles. The number of methoxy groups -OCH3 is 1. The molecule has 0 fully saturated rings. The Hall–Kier alpha value is -2.86. The standard InChI is InChI=1S/C17H17NO5/c1-22-14-8-7-12(13(18)10-16(19)20)9-15(14)23-17(21)11-5-3-2-4-6-11/h2-9,13H,10,18H2,1H3,(H,19,20). The number of carboxylic acid groups (broad SMARTS) is 1. The number of ether oxygens (including phenoxy) is 2. The fraction of sp³-hybridized carbons (Fsp3) is 0.176. The molecule has 3 N–H and O–H groups in total. The second kappa shape index (κ2) is 7.42. The molecule has 0 amide bonds. The molecular weight excluding hydrogens is 298 g/mol. The minimum absolute atomic E-state index is 0.194. The van der Waals surface area contributed by atoms with Crippen LogP contribution in [-0.4, -0.2) is 24.2 Å². The number of aliphatic carboxylic acids is 1. The maximum absolute atomic E-state index is 12.1. The molecule has 2 rings (SSSR count). The van der Waals surface area contributed by atoms with Crippen molar-refractivity contribution in [2.45, 2.75) is 12.5 Å². The summed E-state index contributed by atoms with van der Waals surface area (Å²) in [6.45, 7) is 0. The van der Waals surface area contributed by atoms with Gasteiger partial charge in [0.05, 0.1) is 19.1 Å². The molecule has 6 nitrogen and oxygen atoms in total. The van der Waals surface area contributed by atoms with Crippen LogP contribution < -0.4 is 15.2 Å². The van der Waals surface area contributed by atoms with Gasteiger partial charge < -0.3 is 20.3 Å². The van der Waals surface area contributed by atoms with E-state index in [4.69, 9.17) is 20.3 Å². The predicted molar refractivity (Wildman–Crippen MR) is 83.6 cm³/mol. The average molecular weight is 315 g/mol. The van der Waals surface area contributed by atoms with Gasteiger partial charge in [-0.1, -0.05) is 24.3 Å². The molecule has 2 aromatic rings. The van der Waals surface area contributed by atoms with E-state index in [1.807, 2.05) is 0 Å². The van der Waals surface area contributed by atoms with E-state index in [0.717, 1.165) is 0 Å². The molecule has 0 aliphatic rings. The van der Waals surface area contributed by atoms with Crippen LogP contribution in [0.1, 0.15) is 28.4 Å². The van der Waals surface area contributed by atoms with Crippen molar-refractivity contribution < 1.29 is 24.2 Å². The first-order chi connectivity index (χ1) is 11.0. The Morgan fingerprint density at radius 1 is 1.13 bits per heavy atom. The summed E-state index contributed by atoms with van der Waals surface area (Å²) in [5, 5.41) is 8.82. The maximum Gasteiger partial charge on any atom is 0.343 e. The highest BCUT2D eigenvalue weighted by atomic mass is 16.6. The third-order valence-corrected chi connectivity index (χ3v) is 3.22. The molecule has 2 aromatic carbocycles. The lowest BCUT2D eigenvalue weighted by Crippen LogP contribution is -2.15. The molecule has 0 saturated heterocycles. The summed E-state index contributed by atoms with van der Waals surface area (Å²) in [4.78, 5) is 22.9. The van der Waals surface area contributed by atoms with Gasteiger partial charge in [-0.25, -0.2) is 4.79 Å². The van der Waals surface area contributed by atoms with Crippen LogP contribution in [0.2, 0.25) is 0 Å². The van der Waals surface area contributed by atoms with E-state index in [0.29, 0.717) is 16.9 Å². The Kier molecular flexibility index (Phi) is 5.32. The topological polar surface area (TPSA) is 98.8 Å². The van der Waals surface area contributed by atoms with Gasteiger partial charge in [0.2, 0.25) is 0 Å². The van der Waals surface area contributed by atoms with Gasteiger partial charge in [0.15, 0.2) is 11.5 Å². The minimum Gasteiger partial charge on any atom is -0.493 e. The van der Waals surface area contributed by atoms with Gasteiger partial charge in [-0.15, -0.1) is 0 Å². The molecule has 23 heavy (non-hydrogen) atoms. The van der Waals surface area contributed by atoms with E-state index in [1.165, 1.54) is 13.2 Å². The average Bonchev–Trinajstić information content (AvgIpc) is 2.55. The number of nitrogens with two attached hydrogens (primary N) is 1. The van der Waals surface area contributed by atoms with Crippen LogP contribution in [-0.2, 0) is 4.79 Å². The molecule has 0 spiro atoms. The van der Waals surface area contributed by atoms with E-state index in [1.54, 1.807) is 42.5 Å². The van der Waals surface area contributed by atoms with Gasteiger partial charge in [-0.3, -0.25) is 4.79 Å². The van der Waals surface area contributed by atoms with Crippen LogP contribution >= 0.6 is 0 Å². The maximum atomic E-state index is 12.1. The van der Waals surface area contributed by atoms with Gasteiger partial charge in [0, 0.05) is 6.04 Å². The number of hydrogen-bond donors (Lipinski definition) is 2. The Morgan fingerprint density at radius 3 is 2.43 bits per heavy atom. The molecule has 0 aliphatic heterocycles. The van der Waals surface area contributed by atoms with Crippen LogP contribution in [0.15, 0.2) is 48.5 Å². The van der Waals surface area contributed by atoms with Crippen molar-refractivity contribution in [2.75, 3.05) is 7.11 Å². The third kappa shape index (κ3) is 4.31. The predicted octanol–water partition coefficient (Wildman–Crippen LogP) is 2.39. The molecule has 0 heterocycles. The lowest BCUT2D eigenvalue weighted by atomic mass is 10.0. The van der Waals surface area contributed by atoms with E-state index >= 15 is 0 Å². The van der Waals surface area contributed by atoms with E-state index in [9.17, 15) is 9.59 Å². The first-order valence-electron chi connectivity index (χ1n) is 6.94. The van der Waals surface area contributed by atoms with Gasteiger partial charge in [-0.05, 0) is 29.8 Å². The van der Waals surface area contributed by atoms with Crippen molar-refractivity contribution in [3.05, 3.63) is 59.7 Å². The van der Waals surface area contributed by atoms with Gasteiger partial charge in [-0.2, -0.15) is 0 Å². The van der Waals surface area contributed by atoms with Crippen molar-refractivity contribution in [2.24, 2.45) is 5.73 Å². The number of rotatable bonds is 6. The molecule has 0 bridgehead atoms. The summed E-state index contributed by atoms with van der Waals surface area (Å²) in [7, 11) is 1.45. The van der Waals surface area contributed by atoms with Gasteiger partial charge in [0.25, 0.3) is 0 Å². The van der Waals surface area contributed by atoms with E-state index in [2.05, 4.69) is 0 Å². The largest absolute Gasteiger partial charge is 0.493 e. The monoisotopic (exact) mass is 315 g/mol. The van der Waals surface area contributed by atoms with Crippen molar-refractivity contribution in [1.82, 2.24) is 0 Å². The first kappa shape index (κ1) is 16.5. The van der Waals surface area contributed by atoms with Crippen LogP contribution in [0.3, 0.4) is 0 Å². The Labute approximate surface area is 133 Å². The smallest absolute Gasteiger partial charge is 0.343 e. The highest BCUT2D eigenvalue weighted by molar-refractivity contribution is 5.91. The van der Waals surface area contributed by atoms with Crippen molar-refractivity contribution >= 4 is 11.9 Å². The Bertz CT molecular complexity index is 699. The molecule has 6 heteroatoms. The summed E-state index contributed by atoms with van der Waals surface area (Å²) in [5.41, 5.74) is 6.78.